The molecule has 4 rings (SSSR count). The van der Waals surface area contributed by atoms with Crippen LogP contribution >= 0.6 is 0 Å². The summed E-state index contributed by atoms with van der Waals surface area (Å²) in [6.45, 7) is 3.97. The highest BCUT2D eigenvalue weighted by atomic mass is 16.2. The molecule has 0 spiro atoms. The Balaban J connectivity index is 1.65. The molecule has 2 aromatic carbocycles. The first kappa shape index (κ1) is 18.9. The number of nitrogens with zero attached hydrogens (tertiary/aromatic N) is 4. The molecule has 6 heteroatoms. The summed E-state index contributed by atoms with van der Waals surface area (Å²) >= 11 is 0. The minimum Gasteiger partial charge on any atom is -0.356 e. The number of aromatic nitrogens is 2. The molecule has 1 saturated heterocycles. The second kappa shape index (κ2) is 8.73. The Kier molecular flexibility index (Phi) is 5.70. The van der Waals surface area contributed by atoms with Gasteiger partial charge in [0.05, 0.1) is 23.2 Å². The Morgan fingerprint density at radius 2 is 1.66 bits per heavy atom. The maximum atomic E-state index is 12.3. The van der Waals surface area contributed by atoms with E-state index in [1.165, 1.54) is 19.3 Å². The summed E-state index contributed by atoms with van der Waals surface area (Å²) < 4.78 is 1.99. The molecule has 2 heterocycles. The number of amides is 1. The van der Waals surface area contributed by atoms with Crippen molar-refractivity contribution in [2.75, 3.05) is 18.0 Å². The van der Waals surface area contributed by atoms with E-state index in [1.54, 1.807) is 18.3 Å². The van der Waals surface area contributed by atoms with Gasteiger partial charge in [-0.05, 0) is 50.5 Å². The smallest absolute Gasteiger partial charge is 0.271 e. The Bertz CT molecular complexity index is 989. The molecule has 1 amide bonds. The lowest BCUT2D eigenvalue weighted by Gasteiger charge is -2.29. The standard InChI is InChI=1S/C23H25N5O/c1-18-21(17-24-25-22(29)19-11-5-2-6-12-19)23(27-15-9-4-10-16-27)28(26-18)20-13-7-3-8-14-20/h2-3,5-8,11-14,17H,4,9-10,15-16H2,1H3,(H,25,29)/b24-17+. The zero-order chi connectivity index (χ0) is 20.1. The van der Waals surface area contributed by atoms with Crippen molar-refractivity contribution in [3.63, 3.8) is 0 Å². The van der Waals surface area contributed by atoms with Crippen molar-refractivity contribution in [1.82, 2.24) is 15.2 Å². The minimum atomic E-state index is -0.227. The quantitative estimate of drug-likeness (QED) is 0.533. The van der Waals surface area contributed by atoms with Crippen LogP contribution in [0.3, 0.4) is 0 Å². The maximum absolute atomic E-state index is 12.3. The Hall–Kier alpha value is -3.41. The van der Waals surface area contributed by atoms with Crippen LogP contribution in [0.5, 0.6) is 0 Å². The zero-order valence-corrected chi connectivity index (χ0v) is 16.6. The van der Waals surface area contributed by atoms with Crippen LogP contribution in [0.2, 0.25) is 0 Å². The molecule has 1 aliphatic heterocycles. The number of rotatable bonds is 5. The van der Waals surface area contributed by atoms with Gasteiger partial charge in [-0.3, -0.25) is 4.79 Å². The molecular formula is C23H25N5O. The highest BCUT2D eigenvalue weighted by molar-refractivity contribution is 5.95. The van der Waals surface area contributed by atoms with Gasteiger partial charge in [0.25, 0.3) is 5.91 Å². The fraction of sp³-hybridized carbons (Fsp3) is 0.261. The van der Waals surface area contributed by atoms with Gasteiger partial charge >= 0.3 is 0 Å². The molecule has 0 atom stereocenters. The first-order valence-electron chi connectivity index (χ1n) is 10.0. The molecule has 0 radical (unpaired) electrons. The van der Waals surface area contributed by atoms with Crippen LogP contribution < -0.4 is 10.3 Å². The summed E-state index contributed by atoms with van der Waals surface area (Å²) in [4.78, 5) is 14.6. The van der Waals surface area contributed by atoms with Gasteiger partial charge in [-0.2, -0.15) is 10.2 Å². The van der Waals surface area contributed by atoms with Crippen LogP contribution in [-0.4, -0.2) is 35.0 Å². The third kappa shape index (κ3) is 4.21. The third-order valence-electron chi connectivity index (χ3n) is 5.13. The van der Waals surface area contributed by atoms with Crippen LogP contribution in [0, 0.1) is 6.92 Å². The van der Waals surface area contributed by atoms with Crippen molar-refractivity contribution in [3.05, 3.63) is 77.5 Å². The molecule has 0 unspecified atom stereocenters. The van der Waals surface area contributed by atoms with Crippen molar-refractivity contribution in [1.29, 1.82) is 0 Å². The monoisotopic (exact) mass is 387 g/mol. The molecule has 1 aromatic heterocycles. The minimum absolute atomic E-state index is 0.227. The summed E-state index contributed by atoms with van der Waals surface area (Å²) in [5.41, 5.74) is 6.04. The zero-order valence-electron chi connectivity index (χ0n) is 16.6. The van der Waals surface area contributed by atoms with E-state index in [0.717, 1.165) is 35.9 Å². The van der Waals surface area contributed by atoms with Gasteiger partial charge in [0.2, 0.25) is 0 Å². The normalized spacial score (nSPS) is 14.3. The lowest BCUT2D eigenvalue weighted by atomic mass is 10.1. The number of hydrogen-bond donors (Lipinski definition) is 1. The van der Waals surface area contributed by atoms with Crippen LogP contribution in [0.15, 0.2) is 65.8 Å². The average Bonchev–Trinajstić information content (AvgIpc) is 3.12. The van der Waals surface area contributed by atoms with E-state index in [-0.39, 0.29) is 5.91 Å². The summed E-state index contributed by atoms with van der Waals surface area (Å²) in [6.07, 6.45) is 5.30. The number of hydrazone groups is 1. The lowest BCUT2D eigenvalue weighted by molar-refractivity contribution is 0.0955. The highest BCUT2D eigenvalue weighted by Crippen LogP contribution is 2.28. The predicted molar refractivity (Wildman–Crippen MR) is 116 cm³/mol. The molecule has 1 aliphatic rings. The van der Waals surface area contributed by atoms with Gasteiger partial charge in [-0.1, -0.05) is 36.4 Å². The highest BCUT2D eigenvalue weighted by Gasteiger charge is 2.22. The van der Waals surface area contributed by atoms with E-state index in [1.807, 2.05) is 48.0 Å². The molecule has 148 valence electrons. The fourth-order valence-corrected chi connectivity index (χ4v) is 3.65. The maximum Gasteiger partial charge on any atom is 0.271 e. The molecule has 0 bridgehead atoms. The number of nitrogens with one attached hydrogen (secondary N) is 1. The van der Waals surface area contributed by atoms with Gasteiger partial charge in [0.15, 0.2) is 0 Å². The van der Waals surface area contributed by atoms with E-state index in [9.17, 15) is 4.79 Å². The number of benzene rings is 2. The number of carbonyl (C=O) groups is 1. The second-order valence-corrected chi connectivity index (χ2v) is 7.18. The molecule has 1 fully saturated rings. The number of anilines is 1. The number of para-hydroxylation sites is 1. The first-order chi connectivity index (χ1) is 14.2. The topological polar surface area (TPSA) is 62.5 Å². The van der Waals surface area contributed by atoms with Gasteiger partial charge < -0.3 is 4.90 Å². The molecule has 6 nitrogen and oxygen atoms in total. The Labute approximate surface area is 170 Å². The Morgan fingerprint density at radius 3 is 2.34 bits per heavy atom. The van der Waals surface area contributed by atoms with Crippen LogP contribution in [0.25, 0.3) is 5.69 Å². The van der Waals surface area contributed by atoms with E-state index in [0.29, 0.717) is 5.56 Å². The fourth-order valence-electron chi connectivity index (χ4n) is 3.65. The predicted octanol–water partition coefficient (Wildman–Crippen LogP) is 3.93. The van der Waals surface area contributed by atoms with Crippen LogP contribution in [-0.2, 0) is 0 Å². The number of carbonyl (C=O) groups excluding carboxylic acids is 1. The van der Waals surface area contributed by atoms with Gasteiger partial charge in [0, 0.05) is 18.7 Å². The third-order valence-corrected chi connectivity index (χ3v) is 5.13. The van der Waals surface area contributed by atoms with E-state index < -0.39 is 0 Å². The largest absolute Gasteiger partial charge is 0.356 e. The summed E-state index contributed by atoms with van der Waals surface area (Å²) in [5, 5.41) is 9.02. The molecule has 3 aromatic rings. The van der Waals surface area contributed by atoms with Gasteiger partial charge in [0.1, 0.15) is 5.82 Å². The van der Waals surface area contributed by atoms with E-state index >= 15 is 0 Å². The molecule has 29 heavy (non-hydrogen) atoms. The lowest BCUT2D eigenvalue weighted by Crippen LogP contribution is -2.32. The molecule has 1 N–H and O–H groups in total. The number of piperidine rings is 1. The summed E-state index contributed by atoms with van der Waals surface area (Å²) in [6, 6.07) is 19.2. The van der Waals surface area contributed by atoms with Gasteiger partial charge in [-0.25, -0.2) is 10.1 Å². The van der Waals surface area contributed by atoms with Gasteiger partial charge in [-0.15, -0.1) is 0 Å². The van der Waals surface area contributed by atoms with Crippen molar-refractivity contribution in [2.24, 2.45) is 5.10 Å². The van der Waals surface area contributed by atoms with Crippen molar-refractivity contribution >= 4 is 17.9 Å². The van der Waals surface area contributed by atoms with Crippen molar-refractivity contribution < 1.29 is 4.79 Å². The average molecular weight is 387 g/mol. The molecule has 0 aliphatic carbocycles. The van der Waals surface area contributed by atoms with E-state index in [4.69, 9.17) is 5.10 Å². The summed E-state index contributed by atoms with van der Waals surface area (Å²) in [5.74, 6) is 0.806. The number of aryl methyl sites for hydroxylation is 1. The van der Waals surface area contributed by atoms with Crippen molar-refractivity contribution in [2.45, 2.75) is 26.2 Å². The van der Waals surface area contributed by atoms with Crippen LogP contribution in [0.4, 0.5) is 5.82 Å². The Morgan fingerprint density at radius 1 is 1.00 bits per heavy atom. The second-order valence-electron chi connectivity index (χ2n) is 7.18. The molecule has 0 saturated carbocycles. The SMILES string of the molecule is Cc1nn(-c2ccccc2)c(N2CCCCC2)c1/C=N/NC(=O)c1ccccc1. The number of hydrogen-bond acceptors (Lipinski definition) is 4. The molecular weight excluding hydrogens is 362 g/mol. The van der Waals surface area contributed by atoms with Crippen LogP contribution in [0.1, 0.15) is 40.9 Å². The summed E-state index contributed by atoms with van der Waals surface area (Å²) in [7, 11) is 0. The van der Waals surface area contributed by atoms with E-state index in [2.05, 4.69) is 27.6 Å². The van der Waals surface area contributed by atoms with Crippen molar-refractivity contribution in [3.8, 4) is 5.69 Å². The first-order valence-corrected chi connectivity index (χ1v) is 10.0.